The average Bonchev–Trinajstić information content (AvgIpc) is 3.30. The van der Waals surface area contributed by atoms with Gasteiger partial charge in [-0.25, -0.2) is 4.68 Å². The standard InChI is InChI=1S/C25H26N2O2.C2H6/c1-15(2)21-13-18(14-22(16(3)4)25(21)29)24-20-8-7-19(27-11-5-10-26-27)12-17(20)6-9-23(24)28;1-2/h5-16,28-29H,1-4H3;1-2H3. The van der Waals surface area contributed by atoms with Crippen LogP contribution in [0.25, 0.3) is 27.6 Å². The van der Waals surface area contributed by atoms with Crippen molar-refractivity contribution in [2.75, 3.05) is 0 Å². The summed E-state index contributed by atoms with van der Waals surface area (Å²) in [6, 6.07) is 15.7. The van der Waals surface area contributed by atoms with Crippen molar-refractivity contribution in [1.29, 1.82) is 0 Å². The van der Waals surface area contributed by atoms with Gasteiger partial charge in [0.15, 0.2) is 0 Å². The monoisotopic (exact) mass is 416 g/mol. The first-order chi connectivity index (χ1) is 14.9. The van der Waals surface area contributed by atoms with Gasteiger partial charge in [-0.05, 0) is 75.7 Å². The van der Waals surface area contributed by atoms with Gasteiger partial charge >= 0.3 is 0 Å². The maximum atomic E-state index is 10.8. The fraction of sp³-hybridized carbons (Fsp3) is 0.296. The number of hydrogen-bond donors (Lipinski definition) is 2. The van der Waals surface area contributed by atoms with E-state index in [9.17, 15) is 10.2 Å². The molecule has 1 aromatic heterocycles. The van der Waals surface area contributed by atoms with Crippen molar-refractivity contribution in [3.63, 3.8) is 0 Å². The van der Waals surface area contributed by atoms with Gasteiger partial charge < -0.3 is 10.2 Å². The lowest BCUT2D eigenvalue weighted by Crippen LogP contribution is -1.98. The second kappa shape index (κ2) is 9.25. The van der Waals surface area contributed by atoms with E-state index in [-0.39, 0.29) is 17.6 Å². The van der Waals surface area contributed by atoms with Gasteiger partial charge in [0.25, 0.3) is 0 Å². The largest absolute Gasteiger partial charge is 0.507 e. The number of fused-ring (bicyclic) bond motifs is 1. The van der Waals surface area contributed by atoms with Gasteiger partial charge in [0.2, 0.25) is 0 Å². The van der Waals surface area contributed by atoms with E-state index in [4.69, 9.17) is 0 Å². The fourth-order valence-electron chi connectivity index (χ4n) is 3.88. The summed E-state index contributed by atoms with van der Waals surface area (Å²) >= 11 is 0. The molecular weight excluding hydrogens is 384 g/mol. The number of hydrogen-bond acceptors (Lipinski definition) is 3. The van der Waals surface area contributed by atoms with Crippen molar-refractivity contribution in [3.8, 4) is 28.3 Å². The van der Waals surface area contributed by atoms with Crippen LogP contribution in [0, 0.1) is 0 Å². The SMILES string of the molecule is CC.CC(C)c1cc(-c2c(O)ccc3cc(-n4cccn4)ccc23)cc(C(C)C)c1O. The fourth-order valence-corrected chi connectivity index (χ4v) is 3.88. The zero-order chi connectivity index (χ0) is 22.7. The van der Waals surface area contributed by atoms with Crippen molar-refractivity contribution in [2.45, 2.75) is 53.4 Å². The van der Waals surface area contributed by atoms with E-state index in [1.165, 1.54) is 0 Å². The van der Waals surface area contributed by atoms with Gasteiger partial charge in [-0.2, -0.15) is 5.10 Å². The highest BCUT2D eigenvalue weighted by Gasteiger charge is 2.18. The van der Waals surface area contributed by atoms with Gasteiger partial charge in [0, 0.05) is 18.0 Å². The number of aromatic hydroxyl groups is 2. The van der Waals surface area contributed by atoms with E-state index < -0.39 is 0 Å². The van der Waals surface area contributed by atoms with Crippen molar-refractivity contribution in [2.24, 2.45) is 0 Å². The van der Waals surface area contributed by atoms with Crippen LogP contribution < -0.4 is 0 Å². The average molecular weight is 417 g/mol. The molecule has 1 heterocycles. The van der Waals surface area contributed by atoms with Gasteiger partial charge in [0.1, 0.15) is 11.5 Å². The summed E-state index contributed by atoms with van der Waals surface area (Å²) in [7, 11) is 0. The molecule has 0 bridgehead atoms. The Labute approximate surface area is 184 Å². The van der Waals surface area contributed by atoms with E-state index in [1.807, 2.05) is 61.1 Å². The van der Waals surface area contributed by atoms with Crippen LogP contribution in [0.2, 0.25) is 0 Å². The minimum absolute atomic E-state index is 0.177. The van der Waals surface area contributed by atoms with Crippen LogP contribution in [-0.4, -0.2) is 20.0 Å². The summed E-state index contributed by atoms with van der Waals surface area (Å²) in [6.45, 7) is 12.3. The summed E-state index contributed by atoms with van der Waals surface area (Å²) < 4.78 is 1.82. The molecular formula is C27H32N2O2. The molecule has 0 atom stereocenters. The van der Waals surface area contributed by atoms with Crippen LogP contribution >= 0.6 is 0 Å². The Balaban J connectivity index is 0.00000132. The Morgan fingerprint density at radius 2 is 1.48 bits per heavy atom. The van der Waals surface area contributed by atoms with E-state index in [0.717, 1.165) is 38.7 Å². The Morgan fingerprint density at radius 1 is 0.839 bits per heavy atom. The first-order valence-corrected chi connectivity index (χ1v) is 11.0. The van der Waals surface area contributed by atoms with Crippen molar-refractivity contribution >= 4 is 10.8 Å². The summed E-state index contributed by atoms with van der Waals surface area (Å²) in [6.07, 6.45) is 3.66. The zero-order valence-corrected chi connectivity index (χ0v) is 19.2. The highest BCUT2D eigenvalue weighted by Crippen LogP contribution is 2.42. The molecule has 0 fully saturated rings. The smallest absolute Gasteiger partial charge is 0.124 e. The molecule has 4 aromatic rings. The molecule has 0 aliphatic rings. The number of rotatable bonds is 4. The number of benzene rings is 3. The topological polar surface area (TPSA) is 58.3 Å². The van der Waals surface area contributed by atoms with Gasteiger partial charge in [-0.3, -0.25) is 0 Å². The molecule has 162 valence electrons. The lowest BCUT2D eigenvalue weighted by atomic mass is 9.88. The van der Waals surface area contributed by atoms with Crippen LogP contribution in [0.3, 0.4) is 0 Å². The van der Waals surface area contributed by atoms with Crippen LogP contribution in [0.5, 0.6) is 11.5 Å². The summed E-state index contributed by atoms with van der Waals surface area (Å²) in [5.74, 6) is 0.950. The third kappa shape index (κ3) is 4.29. The third-order valence-corrected chi connectivity index (χ3v) is 5.45. The molecule has 31 heavy (non-hydrogen) atoms. The number of aromatic nitrogens is 2. The maximum absolute atomic E-state index is 10.8. The molecule has 0 spiro atoms. The van der Waals surface area contributed by atoms with E-state index >= 15 is 0 Å². The predicted molar refractivity (Wildman–Crippen MR) is 129 cm³/mol. The Kier molecular flexibility index (Phi) is 6.69. The molecule has 4 nitrogen and oxygen atoms in total. The maximum Gasteiger partial charge on any atom is 0.124 e. The van der Waals surface area contributed by atoms with E-state index in [1.54, 1.807) is 12.3 Å². The second-order valence-electron chi connectivity index (χ2n) is 8.13. The summed E-state index contributed by atoms with van der Waals surface area (Å²) in [4.78, 5) is 0. The van der Waals surface area contributed by atoms with Crippen LogP contribution in [0.4, 0.5) is 0 Å². The lowest BCUT2D eigenvalue weighted by molar-refractivity contribution is 0.454. The summed E-state index contributed by atoms with van der Waals surface area (Å²) in [5, 5.41) is 27.8. The highest BCUT2D eigenvalue weighted by atomic mass is 16.3. The van der Waals surface area contributed by atoms with Crippen molar-refractivity contribution < 1.29 is 10.2 Å². The molecule has 4 rings (SSSR count). The molecule has 0 amide bonds. The molecule has 0 aliphatic carbocycles. The predicted octanol–water partition coefficient (Wildman–Crippen LogP) is 7.38. The molecule has 0 radical (unpaired) electrons. The van der Waals surface area contributed by atoms with Crippen LogP contribution in [0.1, 0.15) is 64.5 Å². The number of phenolic OH excluding ortho intramolecular Hbond substituents is 2. The van der Waals surface area contributed by atoms with Crippen molar-refractivity contribution in [3.05, 3.63) is 72.1 Å². The van der Waals surface area contributed by atoms with Gasteiger partial charge in [-0.15, -0.1) is 0 Å². The Hall–Kier alpha value is -3.27. The van der Waals surface area contributed by atoms with Gasteiger partial charge in [-0.1, -0.05) is 53.7 Å². The summed E-state index contributed by atoms with van der Waals surface area (Å²) in [5.41, 5.74) is 4.48. The normalized spacial score (nSPS) is 11.1. The molecule has 2 N–H and O–H groups in total. The quantitative estimate of drug-likeness (QED) is 0.365. The molecule has 0 unspecified atom stereocenters. The second-order valence-corrected chi connectivity index (χ2v) is 8.13. The molecule has 0 aliphatic heterocycles. The van der Waals surface area contributed by atoms with E-state index in [0.29, 0.717) is 5.75 Å². The third-order valence-electron chi connectivity index (χ3n) is 5.45. The van der Waals surface area contributed by atoms with Crippen molar-refractivity contribution in [1.82, 2.24) is 9.78 Å². The van der Waals surface area contributed by atoms with E-state index in [2.05, 4.69) is 38.9 Å². The molecule has 0 saturated heterocycles. The Bertz CT molecular complexity index is 1150. The van der Waals surface area contributed by atoms with Crippen LogP contribution in [0.15, 0.2) is 60.9 Å². The van der Waals surface area contributed by atoms with Gasteiger partial charge in [0.05, 0.1) is 5.69 Å². The molecule has 4 heteroatoms. The minimum atomic E-state index is 0.177. The minimum Gasteiger partial charge on any atom is -0.507 e. The molecule has 0 saturated carbocycles. The number of phenols is 2. The highest BCUT2D eigenvalue weighted by molar-refractivity contribution is 6.00. The first kappa shape index (κ1) is 22.4. The first-order valence-electron chi connectivity index (χ1n) is 11.0. The Morgan fingerprint density at radius 3 is 2.03 bits per heavy atom. The zero-order valence-electron chi connectivity index (χ0n) is 19.2. The number of nitrogens with zero attached hydrogens (tertiary/aromatic N) is 2. The molecule has 3 aromatic carbocycles. The van der Waals surface area contributed by atoms with Crippen LogP contribution in [-0.2, 0) is 0 Å². The lowest BCUT2D eigenvalue weighted by Gasteiger charge is -2.19.